The van der Waals surface area contributed by atoms with E-state index in [4.69, 9.17) is 4.74 Å². The molecule has 4 heteroatoms. The fraction of sp³-hybridized carbons (Fsp3) is 0.455. The molecule has 1 aromatic carbocycles. The lowest BCUT2D eigenvalue weighted by Crippen LogP contribution is -2.22. The Morgan fingerprint density at radius 3 is 2.80 bits per heavy atom. The molecule has 2 rings (SSSR count). The van der Waals surface area contributed by atoms with E-state index in [1.165, 1.54) is 0 Å². The Morgan fingerprint density at radius 1 is 1.40 bits per heavy atom. The molecule has 1 aliphatic heterocycles. The summed E-state index contributed by atoms with van der Waals surface area (Å²) in [6.45, 7) is 1.95. The number of ether oxygens (including phenoxy) is 1. The molecular formula is C11H14O3S. The average molecular weight is 226 g/mol. The summed E-state index contributed by atoms with van der Waals surface area (Å²) in [5.41, 5.74) is 0.433. The molecule has 82 valence electrons. The molecule has 0 saturated carbocycles. The van der Waals surface area contributed by atoms with E-state index in [1.54, 1.807) is 6.07 Å². The van der Waals surface area contributed by atoms with Crippen LogP contribution >= 0.6 is 0 Å². The Balaban J connectivity index is 2.16. The van der Waals surface area contributed by atoms with Gasteiger partial charge in [-0.2, -0.15) is 0 Å². The first-order valence-corrected chi connectivity index (χ1v) is 6.74. The monoisotopic (exact) mass is 226 g/mol. The Labute approximate surface area is 90.0 Å². The van der Waals surface area contributed by atoms with Crippen molar-refractivity contribution in [2.45, 2.75) is 25.2 Å². The minimum Gasteiger partial charge on any atom is -0.475 e. The molecule has 0 bridgehead atoms. The maximum Gasteiger partial charge on any atom is 0.199 e. The highest BCUT2D eigenvalue weighted by Gasteiger charge is 2.32. The molecule has 1 saturated heterocycles. The van der Waals surface area contributed by atoms with Gasteiger partial charge < -0.3 is 4.74 Å². The van der Waals surface area contributed by atoms with Gasteiger partial charge in [-0.15, -0.1) is 0 Å². The minimum atomic E-state index is -3.02. The van der Waals surface area contributed by atoms with Gasteiger partial charge in [-0.1, -0.05) is 12.1 Å². The van der Waals surface area contributed by atoms with Crippen LogP contribution in [0.15, 0.2) is 24.3 Å². The lowest BCUT2D eigenvalue weighted by atomic mass is 10.2. The van der Waals surface area contributed by atoms with Crippen molar-refractivity contribution in [2.24, 2.45) is 0 Å². The molecule has 0 aromatic heterocycles. The second-order valence-corrected chi connectivity index (χ2v) is 6.13. The fourth-order valence-corrected chi connectivity index (χ4v) is 3.35. The molecule has 1 atom stereocenters. The van der Waals surface area contributed by atoms with Crippen molar-refractivity contribution < 1.29 is 13.2 Å². The molecule has 1 aliphatic rings. The van der Waals surface area contributed by atoms with Gasteiger partial charge in [0.15, 0.2) is 15.3 Å². The van der Waals surface area contributed by atoms with Crippen molar-refractivity contribution in [2.75, 3.05) is 5.75 Å². The van der Waals surface area contributed by atoms with Gasteiger partial charge in [0.2, 0.25) is 0 Å². The molecule has 3 nitrogen and oxygen atoms in total. The molecule has 0 radical (unpaired) electrons. The SMILES string of the molecule is Cc1cccc(OC2CCCS2(=O)=O)c1. The second kappa shape index (κ2) is 3.85. The van der Waals surface area contributed by atoms with Crippen LogP contribution in [0.3, 0.4) is 0 Å². The normalized spacial score (nSPS) is 23.9. The summed E-state index contributed by atoms with van der Waals surface area (Å²) in [6, 6.07) is 7.47. The summed E-state index contributed by atoms with van der Waals surface area (Å²) < 4.78 is 28.5. The maximum absolute atomic E-state index is 11.5. The van der Waals surface area contributed by atoms with E-state index >= 15 is 0 Å². The van der Waals surface area contributed by atoms with Gasteiger partial charge >= 0.3 is 0 Å². The Bertz CT molecular complexity index is 451. The van der Waals surface area contributed by atoms with E-state index < -0.39 is 15.3 Å². The van der Waals surface area contributed by atoms with Crippen LogP contribution < -0.4 is 4.74 Å². The van der Waals surface area contributed by atoms with Crippen LogP contribution in [-0.4, -0.2) is 19.6 Å². The van der Waals surface area contributed by atoms with Crippen molar-refractivity contribution in [3.05, 3.63) is 29.8 Å². The summed E-state index contributed by atoms with van der Waals surface area (Å²) in [5.74, 6) is 0.897. The number of hydrogen-bond donors (Lipinski definition) is 0. The van der Waals surface area contributed by atoms with Gasteiger partial charge in [0, 0.05) is 0 Å². The summed E-state index contributed by atoms with van der Waals surface area (Å²) in [7, 11) is -3.02. The average Bonchev–Trinajstić information content (AvgIpc) is 2.46. The van der Waals surface area contributed by atoms with E-state index in [-0.39, 0.29) is 5.75 Å². The van der Waals surface area contributed by atoms with Crippen LogP contribution in [0.2, 0.25) is 0 Å². The van der Waals surface area contributed by atoms with Gasteiger partial charge in [0.1, 0.15) is 5.75 Å². The number of aryl methyl sites for hydroxylation is 1. The van der Waals surface area contributed by atoms with Gasteiger partial charge in [-0.3, -0.25) is 0 Å². The third-order valence-corrected chi connectivity index (χ3v) is 4.52. The zero-order chi connectivity index (χ0) is 10.9. The molecule has 0 aliphatic carbocycles. The van der Waals surface area contributed by atoms with Crippen LogP contribution in [0.5, 0.6) is 5.75 Å². The molecule has 1 fully saturated rings. The molecule has 1 aromatic rings. The zero-order valence-electron chi connectivity index (χ0n) is 8.64. The van der Waals surface area contributed by atoms with Crippen LogP contribution in [0.4, 0.5) is 0 Å². The molecule has 1 heterocycles. The van der Waals surface area contributed by atoms with Crippen LogP contribution in [0, 0.1) is 6.92 Å². The summed E-state index contributed by atoms with van der Waals surface area (Å²) in [5, 5.41) is 0. The Hall–Kier alpha value is -1.03. The topological polar surface area (TPSA) is 43.4 Å². The first-order chi connectivity index (χ1) is 7.08. The van der Waals surface area contributed by atoms with Crippen molar-refractivity contribution in [1.29, 1.82) is 0 Å². The zero-order valence-corrected chi connectivity index (χ0v) is 9.46. The van der Waals surface area contributed by atoms with Gasteiger partial charge in [0.05, 0.1) is 5.75 Å². The Morgan fingerprint density at radius 2 is 2.20 bits per heavy atom. The molecule has 15 heavy (non-hydrogen) atoms. The highest BCUT2D eigenvalue weighted by Crippen LogP contribution is 2.24. The number of benzene rings is 1. The second-order valence-electron chi connectivity index (χ2n) is 3.87. The van der Waals surface area contributed by atoms with E-state index in [9.17, 15) is 8.42 Å². The van der Waals surface area contributed by atoms with E-state index in [0.717, 1.165) is 5.56 Å². The third kappa shape index (κ3) is 2.31. The quantitative estimate of drug-likeness (QED) is 0.773. The molecule has 0 spiro atoms. The van der Waals surface area contributed by atoms with E-state index in [2.05, 4.69) is 0 Å². The predicted octanol–water partition coefficient (Wildman–Crippen LogP) is 1.91. The summed E-state index contributed by atoms with van der Waals surface area (Å²) in [6.07, 6.45) is 1.31. The number of sulfone groups is 1. The number of hydrogen-bond acceptors (Lipinski definition) is 3. The van der Waals surface area contributed by atoms with Gasteiger partial charge in [0.25, 0.3) is 0 Å². The lowest BCUT2D eigenvalue weighted by Gasteiger charge is -2.12. The van der Waals surface area contributed by atoms with Gasteiger partial charge in [-0.25, -0.2) is 8.42 Å². The van der Waals surface area contributed by atoms with E-state index in [1.807, 2.05) is 25.1 Å². The van der Waals surface area contributed by atoms with Gasteiger partial charge in [-0.05, 0) is 37.5 Å². The van der Waals surface area contributed by atoms with Crippen molar-refractivity contribution in [1.82, 2.24) is 0 Å². The molecule has 0 amide bonds. The number of rotatable bonds is 2. The summed E-state index contributed by atoms with van der Waals surface area (Å²) >= 11 is 0. The fourth-order valence-electron chi connectivity index (χ4n) is 1.73. The standard InChI is InChI=1S/C11H14O3S/c1-9-4-2-5-10(8-9)14-11-6-3-7-15(11,12)13/h2,4-5,8,11H,3,6-7H2,1H3. The predicted molar refractivity (Wildman–Crippen MR) is 58.6 cm³/mol. The van der Waals surface area contributed by atoms with Crippen LogP contribution in [0.1, 0.15) is 18.4 Å². The smallest absolute Gasteiger partial charge is 0.199 e. The van der Waals surface area contributed by atoms with Crippen molar-refractivity contribution >= 4 is 9.84 Å². The van der Waals surface area contributed by atoms with Crippen LogP contribution in [-0.2, 0) is 9.84 Å². The van der Waals surface area contributed by atoms with Crippen molar-refractivity contribution in [3.8, 4) is 5.75 Å². The molecule has 0 N–H and O–H groups in total. The largest absolute Gasteiger partial charge is 0.475 e. The molecule has 1 unspecified atom stereocenters. The lowest BCUT2D eigenvalue weighted by molar-refractivity contribution is 0.273. The highest BCUT2D eigenvalue weighted by molar-refractivity contribution is 7.92. The highest BCUT2D eigenvalue weighted by atomic mass is 32.2. The van der Waals surface area contributed by atoms with Crippen molar-refractivity contribution in [3.63, 3.8) is 0 Å². The first-order valence-electron chi connectivity index (χ1n) is 5.03. The third-order valence-electron chi connectivity index (χ3n) is 2.53. The van der Waals surface area contributed by atoms with Crippen LogP contribution in [0.25, 0.3) is 0 Å². The molecular weight excluding hydrogens is 212 g/mol. The Kier molecular flexibility index (Phi) is 2.69. The summed E-state index contributed by atoms with van der Waals surface area (Å²) in [4.78, 5) is 0. The minimum absolute atomic E-state index is 0.253. The van der Waals surface area contributed by atoms with E-state index in [0.29, 0.717) is 18.6 Å². The maximum atomic E-state index is 11.5. The first kappa shape index (κ1) is 10.5.